The molecule has 6 nitrogen and oxygen atoms in total. The number of carbonyl (C=O) groups is 2. The Balaban J connectivity index is 2.16. The Labute approximate surface area is 134 Å². The molecule has 0 aliphatic heterocycles. The topological polar surface area (TPSA) is 83.6 Å². The lowest BCUT2D eigenvalue weighted by Crippen LogP contribution is -2.35. The first kappa shape index (κ1) is 16.7. The summed E-state index contributed by atoms with van der Waals surface area (Å²) in [6.45, 7) is 4.55. The van der Waals surface area contributed by atoms with Gasteiger partial charge < -0.3 is 14.5 Å². The second-order valence-electron chi connectivity index (χ2n) is 5.73. The summed E-state index contributed by atoms with van der Waals surface area (Å²) < 4.78 is 5.16. The highest BCUT2D eigenvalue weighted by Gasteiger charge is 2.22. The smallest absolute Gasteiger partial charge is 0.305 e. The zero-order valence-corrected chi connectivity index (χ0v) is 13.2. The number of hydrogen-bond acceptors (Lipinski definition) is 4. The van der Waals surface area contributed by atoms with E-state index >= 15 is 0 Å². The standard InChI is InChI=1S/C17H20N2O4/c1-12(2)11-19(9-8-16(20)21)17(22)15-10-14(18-23-15)13-6-4-3-5-7-13/h3-7,10,12H,8-9,11H2,1-2H3,(H,20,21). The summed E-state index contributed by atoms with van der Waals surface area (Å²) in [5, 5.41) is 12.8. The van der Waals surface area contributed by atoms with Gasteiger partial charge in [-0.1, -0.05) is 49.3 Å². The van der Waals surface area contributed by atoms with Crippen molar-refractivity contribution < 1.29 is 19.2 Å². The Morgan fingerprint density at radius 3 is 2.57 bits per heavy atom. The van der Waals surface area contributed by atoms with Crippen LogP contribution in [-0.2, 0) is 4.79 Å². The third-order valence-corrected chi connectivity index (χ3v) is 3.26. The van der Waals surface area contributed by atoms with Crippen LogP contribution in [0.15, 0.2) is 40.9 Å². The predicted molar refractivity (Wildman–Crippen MR) is 84.9 cm³/mol. The first-order valence-corrected chi connectivity index (χ1v) is 7.50. The van der Waals surface area contributed by atoms with Crippen LogP contribution in [0.4, 0.5) is 0 Å². The van der Waals surface area contributed by atoms with Crippen LogP contribution in [0, 0.1) is 5.92 Å². The Morgan fingerprint density at radius 1 is 1.26 bits per heavy atom. The fraction of sp³-hybridized carbons (Fsp3) is 0.353. The van der Waals surface area contributed by atoms with Crippen molar-refractivity contribution >= 4 is 11.9 Å². The molecular formula is C17H20N2O4. The van der Waals surface area contributed by atoms with Crippen molar-refractivity contribution in [1.29, 1.82) is 0 Å². The molecule has 0 aliphatic rings. The number of aliphatic carboxylic acids is 1. The number of hydrogen-bond donors (Lipinski definition) is 1. The van der Waals surface area contributed by atoms with E-state index in [-0.39, 0.29) is 30.6 Å². The van der Waals surface area contributed by atoms with E-state index in [0.29, 0.717) is 12.2 Å². The highest BCUT2D eigenvalue weighted by atomic mass is 16.5. The van der Waals surface area contributed by atoms with Crippen LogP contribution in [0.5, 0.6) is 0 Å². The molecule has 0 unspecified atom stereocenters. The normalized spacial score (nSPS) is 10.7. The van der Waals surface area contributed by atoms with Crippen molar-refractivity contribution in [3.8, 4) is 11.3 Å². The second-order valence-corrected chi connectivity index (χ2v) is 5.73. The third-order valence-electron chi connectivity index (χ3n) is 3.26. The Bertz CT molecular complexity index is 664. The maximum absolute atomic E-state index is 12.5. The lowest BCUT2D eigenvalue weighted by Gasteiger charge is -2.22. The van der Waals surface area contributed by atoms with E-state index in [4.69, 9.17) is 9.63 Å². The first-order chi connectivity index (χ1) is 11.0. The van der Waals surface area contributed by atoms with E-state index in [1.807, 2.05) is 44.2 Å². The van der Waals surface area contributed by atoms with Gasteiger partial charge in [-0.05, 0) is 5.92 Å². The summed E-state index contributed by atoms with van der Waals surface area (Å²) in [6, 6.07) is 11.0. The van der Waals surface area contributed by atoms with Crippen molar-refractivity contribution in [2.75, 3.05) is 13.1 Å². The van der Waals surface area contributed by atoms with Crippen molar-refractivity contribution in [2.24, 2.45) is 5.92 Å². The molecule has 1 amide bonds. The Morgan fingerprint density at radius 2 is 1.96 bits per heavy atom. The summed E-state index contributed by atoms with van der Waals surface area (Å²) in [4.78, 5) is 24.8. The maximum atomic E-state index is 12.5. The lowest BCUT2D eigenvalue weighted by molar-refractivity contribution is -0.137. The number of benzene rings is 1. The summed E-state index contributed by atoms with van der Waals surface area (Å²) in [5.74, 6) is -0.928. The Kier molecular flexibility index (Phi) is 5.51. The van der Waals surface area contributed by atoms with Crippen molar-refractivity contribution in [3.63, 3.8) is 0 Å². The van der Waals surface area contributed by atoms with Gasteiger partial charge in [0, 0.05) is 24.7 Å². The minimum absolute atomic E-state index is 0.0991. The number of rotatable bonds is 7. The summed E-state index contributed by atoms with van der Waals surface area (Å²) >= 11 is 0. The predicted octanol–water partition coefficient (Wildman–Crippen LogP) is 2.91. The second kappa shape index (κ2) is 7.58. The first-order valence-electron chi connectivity index (χ1n) is 7.50. The van der Waals surface area contributed by atoms with Crippen LogP contribution in [0.1, 0.15) is 30.8 Å². The highest BCUT2D eigenvalue weighted by molar-refractivity contribution is 5.92. The van der Waals surface area contributed by atoms with E-state index in [1.165, 1.54) is 4.90 Å². The van der Waals surface area contributed by atoms with Gasteiger partial charge in [0.2, 0.25) is 5.76 Å². The van der Waals surface area contributed by atoms with Crippen LogP contribution in [0.2, 0.25) is 0 Å². The fourth-order valence-electron chi connectivity index (χ4n) is 2.22. The van der Waals surface area contributed by atoms with Gasteiger partial charge in [0.1, 0.15) is 5.69 Å². The van der Waals surface area contributed by atoms with Crippen LogP contribution >= 0.6 is 0 Å². The van der Waals surface area contributed by atoms with E-state index in [1.54, 1.807) is 6.07 Å². The van der Waals surface area contributed by atoms with Gasteiger partial charge in [-0.15, -0.1) is 0 Å². The van der Waals surface area contributed by atoms with E-state index in [9.17, 15) is 9.59 Å². The molecule has 0 radical (unpaired) electrons. The van der Waals surface area contributed by atoms with Gasteiger partial charge in [0.05, 0.1) is 6.42 Å². The Hall–Kier alpha value is -2.63. The number of carbonyl (C=O) groups excluding carboxylic acids is 1. The van der Waals surface area contributed by atoms with E-state index in [2.05, 4.69) is 5.16 Å². The number of carboxylic acids is 1. The van der Waals surface area contributed by atoms with Crippen LogP contribution < -0.4 is 0 Å². The number of amides is 1. The average molecular weight is 316 g/mol. The minimum atomic E-state index is -0.936. The van der Waals surface area contributed by atoms with Gasteiger partial charge in [0.25, 0.3) is 5.91 Å². The molecule has 0 saturated carbocycles. The largest absolute Gasteiger partial charge is 0.481 e. The lowest BCUT2D eigenvalue weighted by atomic mass is 10.1. The third kappa shape index (κ3) is 4.67. The van der Waals surface area contributed by atoms with Gasteiger partial charge in [-0.2, -0.15) is 0 Å². The van der Waals surface area contributed by atoms with Crippen molar-refractivity contribution in [3.05, 3.63) is 42.2 Å². The molecule has 0 spiro atoms. The molecule has 0 atom stereocenters. The molecule has 23 heavy (non-hydrogen) atoms. The molecule has 6 heteroatoms. The molecule has 1 heterocycles. The SMILES string of the molecule is CC(C)CN(CCC(=O)O)C(=O)c1cc(-c2ccccc2)no1. The van der Waals surface area contributed by atoms with Gasteiger partial charge in [0.15, 0.2) is 0 Å². The molecule has 2 rings (SSSR count). The number of carboxylic acid groups (broad SMARTS) is 1. The van der Waals surface area contributed by atoms with Gasteiger partial charge >= 0.3 is 5.97 Å². The van der Waals surface area contributed by atoms with Crippen molar-refractivity contribution in [1.82, 2.24) is 10.1 Å². The molecule has 0 fully saturated rings. The zero-order valence-electron chi connectivity index (χ0n) is 13.2. The minimum Gasteiger partial charge on any atom is -0.481 e. The highest BCUT2D eigenvalue weighted by Crippen LogP contribution is 2.19. The summed E-state index contributed by atoms with van der Waals surface area (Å²) in [5.41, 5.74) is 1.44. The molecule has 0 aliphatic carbocycles. The van der Waals surface area contributed by atoms with Gasteiger partial charge in [-0.25, -0.2) is 0 Å². The summed E-state index contributed by atoms with van der Waals surface area (Å²) in [6.07, 6.45) is -0.0991. The van der Waals surface area contributed by atoms with Crippen LogP contribution in [0.25, 0.3) is 11.3 Å². The van der Waals surface area contributed by atoms with E-state index < -0.39 is 5.97 Å². The van der Waals surface area contributed by atoms with Crippen LogP contribution in [-0.4, -0.2) is 40.1 Å². The number of aromatic nitrogens is 1. The maximum Gasteiger partial charge on any atom is 0.305 e. The molecular weight excluding hydrogens is 296 g/mol. The molecule has 0 bridgehead atoms. The zero-order chi connectivity index (χ0) is 16.8. The average Bonchev–Trinajstić information content (AvgIpc) is 3.01. The molecule has 1 aromatic heterocycles. The summed E-state index contributed by atoms with van der Waals surface area (Å²) in [7, 11) is 0. The molecule has 1 N–H and O–H groups in total. The molecule has 1 aromatic carbocycles. The van der Waals surface area contributed by atoms with Crippen molar-refractivity contribution in [2.45, 2.75) is 20.3 Å². The number of nitrogens with zero attached hydrogens (tertiary/aromatic N) is 2. The van der Waals surface area contributed by atoms with Crippen LogP contribution in [0.3, 0.4) is 0 Å². The quantitative estimate of drug-likeness (QED) is 0.849. The molecule has 122 valence electrons. The van der Waals surface area contributed by atoms with Gasteiger partial charge in [-0.3, -0.25) is 9.59 Å². The fourth-order valence-corrected chi connectivity index (χ4v) is 2.22. The molecule has 2 aromatic rings. The molecule has 0 saturated heterocycles. The monoisotopic (exact) mass is 316 g/mol. The van der Waals surface area contributed by atoms with E-state index in [0.717, 1.165) is 5.56 Å².